The number of likely N-dealkylation sites (N-methyl/N-ethyl adjacent to an activating group) is 1. The molecule has 12 heavy (non-hydrogen) atoms. The molecule has 0 radical (unpaired) electrons. The van der Waals surface area contributed by atoms with Crippen molar-refractivity contribution in [1.82, 2.24) is 4.90 Å². The Morgan fingerprint density at radius 3 is 2.83 bits per heavy atom. The number of rotatable bonds is 3. The number of nitrogens with zero attached hydrogens (tertiary/aromatic N) is 1. The molecule has 1 aliphatic heterocycles. The molecular formula is C7H16NO3P. The fourth-order valence-electron chi connectivity index (χ4n) is 1.41. The molecule has 0 aromatic heterocycles. The Bertz CT molecular complexity index is 191. The highest BCUT2D eigenvalue weighted by Crippen LogP contribution is 2.37. The first-order valence-electron chi connectivity index (χ1n) is 4.14. The van der Waals surface area contributed by atoms with Gasteiger partial charge in [0.1, 0.15) is 0 Å². The summed E-state index contributed by atoms with van der Waals surface area (Å²) in [6.07, 6.45) is 2.22. The standard InChI is InChI=1S/C7H16NO3P/c1-8-5-3-4-7(8)6-11-12(2,9)10/h7H,3-6H2,1-2H3,(H,9,10)/t7-/m1/s1. The van der Waals surface area contributed by atoms with Gasteiger partial charge in [-0.1, -0.05) is 0 Å². The summed E-state index contributed by atoms with van der Waals surface area (Å²) in [7, 11) is -1.26. The predicted octanol–water partition coefficient (Wildman–Crippen LogP) is 0.912. The fourth-order valence-corrected chi connectivity index (χ4v) is 1.86. The normalized spacial score (nSPS) is 30.4. The van der Waals surface area contributed by atoms with Gasteiger partial charge in [-0.2, -0.15) is 0 Å². The van der Waals surface area contributed by atoms with Gasteiger partial charge in [0.2, 0.25) is 0 Å². The molecule has 1 N–H and O–H groups in total. The van der Waals surface area contributed by atoms with E-state index in [0.717, 1.165) is 19.4 Å². The lowest BCUT2D eigenvalue weighted by molar-refractivity contribution is 0.182. The first-order valence-corrected chi connectivity index (χ1v) is 6.16. The van der Waals surface area contributed by atoms with Crippen LogP contribution in [-0.4, -0.2) is 42.7 Å². The molecule has 1 saturated heterocycles. The van der Waals surface area contributed by atoms with E-state index in [1.165, 1.54) is 6.66 Å². The molecule has 1 heterocycles. The summed E-state index contributed by atoms with van der Waals surface area (Å²) in [4.78, 5) is 11.0. The van der Waals surface area contributed by atoms with Gasteiger partial charge in [-0.05, 0) is 26.4 Å². The molecule has 2 atom stereocenters. The van der Waals surface area contributed by atoms with Crippen molar-refractivity contribution in [3.05, 3.63) is 0 Å². The third kappa shape index (κ3) is 3.23. The largest absolute Gasteiger partial charge is 0.325 e. The van der Waals surface area contributed by atoms with Crippen LogP contribution in [0.4, 0.5) is 0 Å². The molecule has 0 aromatic rings. The highest BCUT2D eigenvalue weighted by atomic mass is 31.2. The van der Waals surface area contributed by atoms with Gasteiger partial charge in [-0.15, -0.1) is 0 Å². The Hall–Kier alpha value is 0.110. The third-order valence-corrected chi connectivity index (χ3v) is 2.81. The van der Waals surface area contributed by atoms with Crippen LogP contribution in [0.2, 0.25) is 0 Å². The van der Waals surface area contributed by atoms with E-state index in [-0.39, 0.29) is 0 Å². The lowest BCUT2D eigenvalue weighted by Gasteiger charge is -2.19. The molecule has 1 rings (SSSR count). The molecule has 4 nitrogen and oxygen atoms in total. The molecule has 0 bridgehead atoms. The molecule has 0 aliphatic carbocycles. The van der Waals surface area contributed by atoms with E-state index in [4.69, 9.17) is 9.42 Å². The predicted molar refractivity (Wildman–Crippen MR) is 47.4 cm³/mol. The zero-order valence-corrected chi connectivity index (χ0v) is 8.46. The van der Waals surface area contributed by atoms with Crippen molar-refractivity contribution in [3.63, 3.8) is 0 Å². The Morgan fingerprint density at radius 1 is 1.75 bits per heavy atom. The average molecular weight is 193 g/mol. The van der Waals surface area contributed by atoms with Crippen molar-refractivity contribution in [3.8, 4) is 0 Å². The van der Waals surface area contributed by atoms with E-state index >= 15 is 0 Å². The summed E-state index contributed by atoms with van der Waals surface area (Å²) in [5, 5.41) is 0. The first-order chi connectivity index (χ1) is 5.49. The Kier molecular flexibility index (Phi) is 3.29. The van der Waals surface area contributed by atoms with Crippen molar-refractivity contribution in [2.75, 3.05) is 26.9 Å². The van der Waals surface area contributed by atoms with Crippen LogP contribution in [0.1, 0.15) is 12.8 Å². The number of hydrogen-bond donors (Lipinski definition) is 1. The van der Waals surface area contributed by atoms with Gasteiger partial charge in [0.15, 0.2) is 0 Å². The SMILES string of the molecule is CN1CCC[C@@H]1COP(C)(=O)O. The van der Waals surface area contributed by atoms with Gasteiger partial charge in [0, 0.05) is 12.7 Å². The number of hydrogen-bond acceptors (Lipinski definition) is 3. The molecular weight excluding hydrogens is 177 g/mol. The Morgan fingerprint density at radius 2 is 2.42 bits per heavy atom. The molecule has 0 aromatic carbocycles. The lowest BCUT2D eigenvalue weighted by Crippen LogP contribution is -2.28. The van der Waals surface area contributed by atoms with Crippen molar-refractivity contribution >= 4 is 7.60 Å². The zero-order valence-electron chi connectivity index (χ0n) is 7.56. The van der Waals surface area contributed by atoms with Gasteiger partial charge in [-0.25, -0.2) is 0 Å². The molecule has 1 unspecified atom stereocenters. The highest BCUT2D eigenvalue weighted by Gasteiger charge is 2.23. The highest BCUT2D eigenvalue weighted by molar-refractivity contribution is 7.51. The summed E-state index contributed by atoms with van der Waals surface area (Å²) >= 11 is 0. The first kappa shape index (κ1) is 10.2. The van der Waals surface area contributed by atoms with Gasteiger partial charge in [0.25, 0.3) is 0 Å². The summed E-state index contributed by atoms with van der Waals surface area (Å²) in [5.74, 6) is 0. The molecule has 0 amide bonds. The van der Waals surface area contributed by atoms with Gasteiger partial charge in [0.05, 0.1) is 6.61 Å². The summed E-state index contributed by atoms with van der Waals surface area (Å²) < 4.78 is 15.6. The zero-order chi connectivity index (χ0) is 9.19. The van der Waals surface area contributed by atoms with Gasteiger partial charge in [-0.3, -0.25) is 4.57 Å². The van der Waals surface area contributed by atoms with Crippen LogP contribution in [-0.2, 0) is 9.09 Å². The topological polar surface area (TPSA) is 49.8 Å². The molecule has 0 spiro atoms. The van der Waals surface area contributed by atoms with Crippen molar-refractivity contribution < 1.29 is 14.0 Å². The van der Waals surface area contributed by atoms with Gasteiger partial charge >= 0.3 is 7.60 Å². The second-order valence-electron chi connectivity index (χ2n) is 3.38. The summed E-state index contributed by atoms with van der Waals surface area (Å²) in [5.41, 5.74) is 0. The monoisotopic (exact) mass is 193 g/mol. The minimum Gasteiger partial charge on any atom is -0.324 e. The molecule has 1 fully saturated rings. The summed E-state index contributed by atoms with van der Waals surface area (Å²) in [6.45, 7) is 2.66. The van der Waals surface area contributed by atoms with Crippen LogP contribution in [0.15, 0.2) is 0 Å². The van der Waals surface area contributed by atoms with Gasteiger partial charge < -0.3 is 14.3 Å². The maximum atomic E-state index is 10.8. The molecule has 72 valence electrons. The fraction of sp³-hybridized carbons (Fsp3) is 1.00. The minimum atomic E-state index is -3.27. The Balaban J connectivity index is 2.27. The quantitative estimate of drug-likeness (QED) is 0.677. The molecule has 0 saturated carbocycles. The van der Waals surface area contributed by atoms with Crippen LogP contribution in [0.25, 0.3) is 0 Å². The van der Waals surface area contributed by atoms with Crippen molar-refractivity contribution in [2.45, 2.75) is 18.9 Å². The van der Waals surface area contributed by atoms with E-state index < -0.39 is 7.60 Å². The maximum Gasteiger partial charge on any atom is 0.325 e. The van der Waals surface area contributed by atoms with Crippen LogP contribution >= 0.6 is 7.60 Å². The second-order valence-corrected chi connectivity index (χ2v) is 5.24. The maximum absolute atomic E-state index is 10.8. The van der Waals surface area contributed by atoms with E-state index in [1.807, 2.05) is 7.05 Å². The summed E-state index contributed by atoms with van der Waals surface area (Å²) in [6, 6.07) is 0.324. The van der Waals surface area contributed by atoms with E-state index in [2.05, 4.69) is 4.90 Å². The molecule has 5 heteroatoms. The smallest absolute Gasteiger partial charge is 0.324 e. The lowest BCUT2D eigenvalue weighted by atomic mass is 10.2. The van der Waals surface area contributed by atoms with Crippen LogP contribution in [0.3, 0.4) is 0 Å². The van der Waals surface area contributed by atoms with Crippen molar-refractivity contribution in [2.24, 2.45) is 0 Å². The average Bonchev–Trinajstić information content (AvgIpc) is 2.29. The van der Waals surface area contributed by atoms with Crippen molar-refractivity contribution in [1.29, 1.82) is 0 Å². The van der Waals surface area contributed by atoms with E-state index in [0.29, 0.717) is 12.6 Å². The Labute approximate surface area is 73.1 Å². The van der Waals surface area contributed by atoms with E-state index in [1.54, 1.807) is 0 Å². The van der Waals surface area contributed by atoms with E-state index in [9.17, 15) is 4.57 Å². The third-order valence-electron chi connectivity index (χ3n) is 2.18. The second kappa shape index (κ2) is 3.88. The minimum absolute atomic E-state index is 0.324. The van der Waals surface area contributed by atoms with Crippen LogP contribution < -0.4 is 0 Å². The van der Waals surface area contributed by atoms with Crippen LogP contribution in [0, 0.1) is 0 Å². The number of likely N-dealkylation sites (tertiary alicyclic amines) is 1. The molecule has 1 aliphatic rings. The van der Waals surface area contributed by atoms with Crippen LogP contribution in [0.5, 0.6) is 0 Å².